The van der Waals surface area contributed by atoms with Gasteiger partial charge < -0.3 is 16.0 Å². The maximum Gasteiger partial charge on any atom is 0.253 e. The van der Waals surface area contributed by atoms with Crippen LogP contribution in [-0.2, 0) is 0 Å². The fraction of sp³-hybridized carbons (Fsp3) is 0.438. The summed E-state index contributed by atoms with van der Waals surface area (Å²) in [5.41, 5.74) is 7.94. The van der Waals surface area contributed by atoms with Crippen LogP contribution in [0.4, 0.5) is 5.69 Å². The number of nitrogens with one attached hydrogen (secondary N) is 2. The Morgan fingerprint density at radius 1 is 1.25 bits per heavy atom. The number of rotatable bonds is 5. The number of benzene rings is 1. The first-order valence-electron chi connectivity index (χ1n) is 7.24. The lowest BCUT2D eigenvalue weighted by Gasteiger charge is -2.31. The van der Waals surface area contributed by atoms with Crippen LogP contribution in [0.3, 0.4) is 0 Å². The summed E-state index contributed by atoms with van der Waals surface area (Å²) in [5.74, 6) is -0.0348. The lowest BCUT2D eigenvalue weighted by molar-refractivity contribution is 0.0890. The van der Waals surface area contributed by atoms with Gasteiger partial charge >= 0.3 is 0 Å². The van der Waals surface area contributed by atoms with Crippen molar-refractivity contribution in [2.45, 2.75) is 45.6 Å². The zero-order valence-electron chi connectivity index (χ0n) is 12.4. The van der Waals surface area contributed by atoms with Crippen molar-refractivity contribution in [3.05, 3.63) is 30.0 Å². The summed E-state index contributed by atoms with van der Waals surface area (Å²) in [6.45, 7) is 6.33. The van der Waals surface area contributed by atoms with Crippen LogP contribution in [0.15, 0.2) is 24.4 Å². The molecule has 4 nitrogen and oxygen atoms in total. The van der Waals surface area contributed by atoms with Crippen molar-refractivity contribution in [2.24, 2.45) is 0 Å². The van der Waals surface area contributed by atoms with E-state index in [1.165, 1.54) is 0 Å². The summed E-state index contributed by atoms with van der Waals surface area (Å²) >= 11 is 0. The number of fused-ring (bicyclic) bond motifs is 1. The molecule has 0 atom stereocenters. The normalized spacial score (nSPS) is 11.8. The van der Waals surface area contributed by atoms with Gasteiger partial charge in [-0.2, -0.15) is 0 Å². The van der Waals surface area contributed by atoms with Crippen molar-refractivity contribution in [3.8, 4) is 0 Å². The number of hydrogen-bond donors (Lipinski definition) is 3. The van der Waals surface area contributed by atoms with Crippen LogP contribution in [0.1, 0.15) is 50.4 Å². The minimum Gasteiger partial charge on any atom is -0.399 e. The van der Waals surface area contributed by atoms with Crippen LogP contribution < -0.4 is 11.1 Å². The number of H-pyrrole nitrogens is 1. The minimum atomic E-state index is -0.124. The van der Waals surface area contributed by atoms with E-state index in [1.807, 2.05) is 18.2 Å². The van der Waals surface area contributed by atoms with Gasteiger partial charge in [0.1, 0.15) is 0 Å². The lowest BCUT2D eigenvalue weighted by atomic mass is 9.89. The Labute approximate surface area is 119 Å². The molecule has 0 radical (unpaired) electrons. The van der Waals surface area contributed by atoms with Gasteiger partial charge in [0.15, 0.2) is 0 Å². The molecular formula is C16H23N3O. The van der Waals surface area contributed by atoms with Crippen LogP contribution in [0.25, 0.3) is 10.9 Å². The minimum absolute atomic E-state index is 0.0348. The number of carbonyl (C=O) groups excluding carboxylic acids is 1. The molecule has 0 spiro atoms. The largest absolute Gasteiger partial charge is 0.399 e. The molecule has 0 unspecified atom stereocenters. The molecule has 1 amide bonds. The highest BCUT2D eigenvalue weighted by molar-refractivity contribution is 6.07. The van der Waals surface area contributed by atoms with E-state index in [-0.39, 0.29) is 11.4 Å². The molecule has 20 heavy (non-hydrogen) atoms. The van der Waals surface area contributed by atoms with E-state index in [1.54, 1.807) is 6.20 Å². The van der Waals surface area contributed by atoms with E-state index in [0.29, 0.717) is 11.3 Å². The molecular weight excluding hydrogens is 250 g/mol. The first-order chi connectivity index (χ1) is 9.55. The van der Waals surface area contributed by atoms with Crippen LogP contribution in [0, 0.1) is 0 Å². The summed E-state index contributed by atoms with van der Waals surface area (Å²) in [4.78, 5) is 15.7. The topological polar surface area (TPSA) is 70.9 Å². The molecule has 0 aliphatic heterocycles. The average Bonchev–Trinajstić information content (AvgIpc) is 2.88. The Morgan fingerprint density at radius 3 is 2.50 bits per heavy atom. The highest BCUT2D eigenvalue weighted by Crippen LogP contribution is 2.24. The molecule has 0 saturated carbocycles. The maximum absolute atomic E-state index is 12.6. The molecule has 0 aliphatic rings. The van der Waals surface area contributed by atoms with E-state index >= 15 is 0 Å². The molecule has 0 saturated heterocycles. The fourth-order valence-corrected chi connectivity index (χ4v) is 2.65. The number of aromatic amines is 1. The third-order valence-corrected chi connectivity index (χ3v) is 4.36. The van der Waals surface area contributed by atoms with Crippen LogP contribution in [-0.4, -0.2) is 16.4 Å². The predicted molar refractivity (Wildman–Crippen MR) is 83.8 cm³/mol. The van der Waals surface area contributed by atoms with Gasteiger partial charge in [0.05, 0.1) is 5.56 Å². The molecule has 0 fully saturated rings. The number of amides is 1. The summed E-state index contributed by atoms with van der Waals surface area (Å²) < 4.78 is 0. The van der Waals surface area contributed by atoms with Crippen molar-refractivity contribution in [1.82, 2.24) is 10.3 Å². The summed E-state index contributed by atoms with van der Waals surface area (Å²) in [6, 6.07) is 5.56. The van der Waals surface area contributed by atoms with Crippen LogP contribution in [0.2, 0.25) is 0 Å². The zero-order chi connectivity index (χ0) is 14.8. The first-order valence-corrected chi connectivity index (χ1v) is 7.24. The van der Waals surface area contributed by atoms with Gasteiger partial charge in [-0.15, -0.1) is 0 Å². The van der Waals surface area contributed by atoms with Gasteiger partial charge in [-0.05, 0) is 37.5 Å². The smallest absolute Gasteiger partial charge is 0.253 e. The van der Waals surface area contributed by atoms with Gasteiger partial charge in [0.2, 0.25) is 0 Å². The summed E-state index contributed by atoms with van der Waals surface area (Å²) in [5, 5.41) is 4.07. The predicted octanol–water partition coefficient (Wildman–Crippen LogP) is 3.45. The zero-order valence-corrected chi connectivity index (χ0v) is 12.4. The SMILES string of the molecule is CCC(CC)(CC)NC(=O)c1c[nH]c2ccc(N)cc12. The van der Waals surface area contributed by atoms with E-state index < -0.39 is 0 Å². The molecule has 1 aromatic carbocycles. The van der Waals surface area contributed by atoms with Gasteiger partial charge in [-0.1, -0.05) is 20.8 Å². The second-order valence-electron chi connectivity index (χ2n) is 5.30. The highest BCUT2D eigenvalue weighted by atomic mass is 16.1. The Kier molecular flexibility index (Phi) is 4.02. The fourth-order valence-electron chi connectivity index (χ4n) is 2.65. The Bertz CT molecular complexity index is 603. The molecule has 1 heterocycles. The second-order valence-corrected chi connectivity index (χ2v) is 5.30. The molecule has 0 bridgehead atoms. The molecule has 1 aromatic heterocycles. The Morgan fingerprint density at radius 2 is 1.90 bits per heavy atom. The van der Waals surface area contributed by atoms with Gasteiger partial charge in [0, 0.05) is 28.3 Å². The summed E-state index contributed by atoms with van der Waals surface area (Å²) in [6.07, 6.45) is 4.54. The van der Waals surface area contributed by atoms with E-state index in [9.17, 15) is 4.79 Å². The molecule has 0 aliphatic carbocycles. The van der Waals surface area contributed by atoms with Crippen molar-refractivity contribution >= 4 is 22.5 Å². The number of carbonyl (C=O) groups is 1. The van der Waals surface area contributed by atoms with Crippen LogP contribution in [0.5, 0.6) is 0 Å². The number of nitrogens with two attached hydrogens (primary N) is 1. The quantitative estimate of drug-likeness (QED) is 0.730. The summed E-state index contributed by atoms with van der Waals surface area (Å²) in [7, 11) is 0. The Hall–Kier alpha value is -1.97. The first kappa shape index (κ1) is 14.4. The standard InChI is InChI=1S/C16H23N3O/c1-4-16(5-2,6-3)19-15(20)13-10-18-14-8-7-11(17)9-12(13)14/h7-10,18H,4-6,17H2,1-3H3,(H,19,20). The van der Waals surface area contributed by atoms with Crippen LogP contribution >= 0.6 is 0 Å². The van der Waals surface area contributed by atoms with E-state index in [2.05, 4.69) is 31.1 Å². The van der Waals surface area contributed by atoms with Crippen molar-refractivity contribution in [1.29, 1.82) is 0 Å². The van der Waals surface area contributed by atoms with Gasteiger partial charge in [-0.25, -0.2) is 0 Å². The number of hydrogen-bond acceptors (Lipinski definition) is 2. The highest BCUT2D eigenvalue weighted by Gasteiger charge is 2.27. The van der Waals surface area contributed by atoms with Crippen molar-refractivity contribution in [2.75, 3.05) is 5.73 Å². The number of nitrogen functional groups attached to an aromatic ring is 1. The molecule has 2 aromatic rings. The number of anilines is 1. The molecule has 2 rings (SSSR count). The second kappa shape index (κ2) is 5.57. The van der Waals surface area contributed by atoms with Crippen molar-refractivity contribution < 1.29 is 4.79 Å². The number of aromatic nitrogens is 1. The third kappa shape index (κ3) is 2.50. The van der Waals surface area contributed by atoms with E-state index in [4.69, 9.17) is 5.73 Å². The average molecular weight is 273 g/mol. The van der Waals surface area contributed by atoms with Gasteiger partial charge in [0.25, 0.3) is 5.91 Å². The third-order valence-electron chi connectivity index (χ3n) is 4.36. The maximum atomic E-state index is 12.6. The Balaban J connectivity index is 2.34. The van der Waals surface area contributed by atoms with Crippen molar-refractivity contribution in [3.63, 3.8) is 0 Å². The molecule has 4 N–H and O–H groups in total. The monoisotopic (exact) mass is 273 g/mol. The molecule has 4 heteroatoms. The van der Waals surface area contributed by atoms with E-state index in [0.717, 1.165) is 30.2 Å². The molecule has 108 valence electrons. The van der Waals surface area contributed by atoms with Gasteiger partial charge in [-0.3, -0.25) is 4.79 Å². The lowest BCUT2D eigenvalue weighted by Crippen LogP contribution is -2.47.